The maximum absolute atomic E-state index is 6.27. The predicted octanol–water partition coefficient (Wildman–Crippen LogP) is 6.12. The molecule has 0 aliphatic rings. The summed E-state index contributed by atoms with van der Waals surface area (Å²) in [5, 5.41) is 13.5. The summed E-state index contributed by atoms with van der Waals surface area (Å²) in [4.78, 5) is 4.70. The maximum atomic E-state index is 6.27. The Morgan fingerprint density at radius 2 is 1.79 bits per heavy atom. The van der Waals surface area contributed by atoms with Gasteiger partial charge < -0.3 is 9.30 Å². The van der Waals surface area contributed by atoms with Gasteiger partial charge in [-0.3, -0.25) is 0 Å². The largest absolute Gasteiger partial charge is 0.484 e. The molecule has 0 fully saturated rings. The molecule has 9 heteroatoms. The lowest BCUT2D eigenvalue weighted by molar-refractivity contribution is 0.290. The van der Waals surface area contributed by atoms with Crippen LogP contribution >= 0.6 is 46.3 Å². The molecule has 0 N–H and O–H groups in total. The van der Waals surface area contributed by atoms with Crippen molar-refractivity contribution in [2.45, 2.75) is 17.5 Å². The number of hydrogen-bond donors (Lipinski definition) is 0. The molecular weight excluding hydrogens is 447 g/mol. The Kier molecular flexibility index (Phi) is 6.40. The van der Waals surface area contributed by atoms with Gasteiger partial charge in [0.25, 0.3) is 0 Å². The summed E-state index contributed by atoms with van der Waals surface area (Å²) in [7, 11) is 1.92. The van der Waals surface area contributed by atoms with E-state index in [1.165, 1.54) is 0 Å². The van der Waals surface area contributed by atoms with Crippen LogP contribution in [0.4, 0.5) is 0 Å². The van der Waals surface area contributed by atoms with Crippen LogP contribution in [0.15, 0.2) is 59.1 Å². The SMILES string of the molecule is Cn1c(COc2ccccc2Cl)nnc1SCc1csc(-c2ccccc2Cl)n1. The molecule has 0 radical (unpaired) electrons. The Morgan fingerprint density at radius 3 is 2.59 bits per heavy atom. The normalized spacial score (nSPS) is 11.0. The number of hydrogen-bond acceptors (Lipinski definition) is 6. The highest BCUT2D eigenvalue weighted by molar-refractivity contribution is 7.98. The van der Waals surface area contributed by atoms with Crippen molar-refractivity contribution in [1.29, 1.82) is 0 Å². The van der Waals surface area contributed by atoms with Crippen molar-refractivity contribution in [3.8, 4) is 16.3 Å². The second-order valence-electron chi connectivity index (χ2n) is 6.09. The molecule has 2 aromatic carbocycles. The molecule has 4 aromatic rings. The van der Waals surface area contributed by atoms with E-state index in [9.17, 15) is 0 Å². The van der Waals surface area contributed by atoms with Crippen molar-refractivity contribution in [3.05, 3.63) is 75.5 Å². The standard InChI is InChI=1S/C20H16Cl2N4OS2/c1-26-18(10-27-17-9-5-4-8-16(17)22)24-25-20(26)29-12-13-11-28-19(23-13)14-6-2-3-7-15(14)21/h2-9,11H,10,12H2,1H3. The van der Waals surface area contributed by atoms with Gasteiger partial charge in [0.15, 0.2) is 11.0 Å². The first-order valence-corrected chi connectivity index (χ1v) is 11.3. The van der Waals surface area contributed by atoms with Crippen LogP contribution in [0.2, 0.25) is 10.0 Å². The van der Waals surface area contributed by atoms with Crippen LogP contribution in [-0.2, 0) is 19.4 Å². The first-order valence-electron chi connectivity index (χ1n) is 8.69. The second-order valence-corrected chi connectivity index (χ2v) is 8.70. The molecule has 0 saturated heterocycles. The molecule has 0 unspecified atom stereocenters. The molecule has 2 heterocycles. The van der Waals surface area contributed by atoms with Gasteiger partial charge in [-0.05, 0) is 18.2 Å². The van der Waals surface area contributed by atoms with Crippen molar-refractivity contribution < 1.29 is 4.74 Å². The number of rotatable bonds is 7. The van der Waals surface area contributed by atoms with E-state index in [-0.39, 0.29) is 0 Å². The predicted molar refractivity (Wildman–Crippen MR) is 119 cm³/mol. The monoisotopic (exact) mass is 462 g/mol. The Morgan fingerprint density at radius 1 is 1.03 bits per heavy atom. The van der Waals surface area contributed by atoms with E-state index in [2.05, 4.69) is 10.2 Å². The fourth-order valence-corrected chi connectivity index (χ4v) is 4.83. The Bertz CT molecular complexity index is 1130. The number of thiazole rings is 1. The fourth-order valence-electron chi connectivity index (χ4n) is 2.57. The van der Waals surface area contributed by atoms with Crippen LogP contribution in [0.1, 0.15) is 11.5 Å². The van der Waals surface area contributed by atoms with E-state index in [0.717, 1.165) is 27.2 Å². The molecule has 2 aromatic heterocycles. The van der Waals surface area contributed by atoms with Gasteiger partial charge in [0.1, 0.15) is 17.4 Å². The van der Waals surface area contributed by atoms with Crippen LogP contribution < -0.4 is 4.74 Å². The zero-order chi connectivity index (χ0) is 20.2. The van der Waals surface area contributed by atoms with Crippen molar-refractivity contribution in [1.82, 2.24) is 19.7 Å². The highest BCUT2D eigenvalue weighted by Crippen LogP contribution is 2.32. The van der Waals surface area contributed by atoms with E-state index < -0.39 is 0 Å². The summed E-state index contributed by atoms with van der Waals surface area (Å²) >= 11 is 15.6. The Labute approximate surface area is 186 Å². The lowest BCUT2D eigenvalue weighted by Gasteiger charge is -2.07. The molecule has 4 rings (SSSR count). The minimum atomic E-state index is 0.293. The summed E-state index contributed by atoms with van der Waals surface area (Å²) in [5.41, 5.74) is 1.93. The van der Waals surface area contributed by atoms with E-state index in [1.807, 2.05) is 59.5 Å². The lowest BCUT2D eigenvalue weighted by Crippen LogP contribution is -2.04. The minimum Gasteiger partial charge on any atom is -0.484 e. The van der Waals surface area contributed by atoms with Gasteiger partial charge in [0.2, 0.25) is 0 Å². The van der Waals surface area contributed by atoms with E-state index in [0.29, 0.717) is 28.2 Å². The Balaban J connectivity index is 1.39. The first kappa shape index (κ1) is 20.2. The third kappa shape index (κ3) is 4.75. The molecule has 29 heavy (non-hydrogen) atoms. The van der Waals surface area contributed by atoms with Crippen molar-refractivity contribution >= 4 is 46.3 Å². The third-order valence-corrected chi connectivity index (χ3v) is 6.74. The summed E-state index contributed by atoms with van der Waals surface area (Å²) in [6, 6.07) is 15.1. The number of nitrogens with zero attached hydrogens (tertiary/aromatic N) is 4. The number of thioether (sulfide) groups is 1. The topological polar surface area (TPSA) is 52.8 Å². The summed E-state index contributed by atoms with van der Waals surface area (Å²) < 4.78 is 7.68. The quantitative estimate of drug-likeness (QED) is 0.309. The molecule has 0 aliphatic heterocycles. The zero-order valence-electron chi connectivity index (χ0n) is 15.4. The van der Waals surface area contributed by atoms with Crippen LogP contribution in [0, 0.1) is 0 Å². The molecule has 0 aliphatic carbocycles. The van der Waals surface area contributed by atoms with Gasteiger partial charge in [-0.1, -0.05) is 65.3 Å². The highest BCUT2D eigenvalue weighted by Gasteiger charge is 2.13. The molecule has 5 nitrogen and oxygen atoms in total. The number of halogens is 2. The summed E-state index contributed by atoms with van der Waals surface area (Å²) in [6.07, 6.45) is 0. The molecule has 0 spiro atoms. The Hall–Kier alpha value is -2.06. The summed E-state index contributed by atoms with van der Waals surface area (Å²) in [5.74, 6) is 2.04. The molecule has 0 atom stereocenters. The summed E-state index contributed by atoms with van der Waals surface area (Å²) in [6.45, 7) is 0.293. The van der Waals surface area contributed by atoms with Crippen LogP contribution in [0.5, 0.6) is 5.75 Å². The molecule has 0 saturated carbocycles. The average molecular weight is 463 g/mol. The average Bonchev–Trinajstić information content (AvgIpc) is 3.33. The first-order chi connectivity index (χ1) is 14.1. The lowest BCUT2D eigenvalue weighted by atomic mass is 10.2. The number of aromatic nitrogens is 4. The van der Waals surface area contributed by atoms with Crippen LogP contribution in [0.25, 0.3) is 10.6 Å². The van der Waals surface area contributed by atoms with Gasteiger partial charge in [0.05, 0.1) is 15.7 Å². The van der Waals surface area contributed by atoms with Gasteiger partial charge in [0, 0.05) is 23.7 Å². The van der Waals surface area contributed by atoms with E-state index >= 15 is 0 Å². The molecule has 0 amide bonds. The molecule has 0 bridgehead atoms. The highest BCUT2D eigenvalue weighted by atomic mass is 35.5. The van der Waals surface area contributed by atoms with Crippen molar-refractivity contribution in [2.75, 3.05) is 0 Å². The second kappa shape index (κ2) is 9.17. The van der Waals surface area contributed by atoms with Gasteiger partial charge in [-0.2, -0.15) is 0 Å². The zero-order valence-corrected chi connectivity index (χ0v) is 18.5. The molecular formula is C20H16Cl2N4OS2. The number of para-hydroxylation sites is 1. The molecule has 148 valence electrons. The van der Waals surface area contributed by atoms with Gasteiger partial charge in [-0.25, -0.2) is 4.98 Å². The minimum absolute atomic E-state index is 0.293. The van der Waals surface area contributed by atoms with E-state index in [4.69, 9.17) is 32.9 Å². The smallest absolute Gasteiger partial charge is 0.191 e. The fraction of sp³-hybridized carbons (Fsp3) is 0.150. The maximum Gasteiger partial charge on any atom is 0.191 e. The number of benzene rings is 2. The van der Waals surface area contributed by atoms with Crippen LogP contribution in [0.3, 0.4) is 0 Å². The number of ether oxygens (including phenoxy) is 1. The van der Waals surface area contributed by atoms with Gasteiger partial charge in [-0.15, -0.1) is 21.5 Å². The van der Waals surface area contributed by atoms with Gasteiger partial charge >= 0.3 is 0 Å². The van der Waals surface area contributed by atoms with E-state index in [1.54, 1.807) is 29.2 Å². The third-order valence-electron chi connectivity index (χ3n) is 4.12. The van der Waals surface area contributed by atoms with Crippen LogP contribution in [-0.4, -0.2) is 19.7 Å². The van der Waals surface area contributed by atoms with Crippen molar-refractivity contribution in [3.63, 3.8) is 0 Å². The van der Waals surface area contributed by atoms with Crippen molar-refractivity contribution in [2.24, 2.45) is 7.05 Å².